The summed E-state index contributed by atoms with van der Waals surface area (Å²) in [7, 11) is 0. The second kappa shape index (κ2) is 10.8. The lowest BCUT2D eigenvalue weighted by atomic mass is 9.96. The normalized spacial score (nSPS) is 11.5. The maximum atomic E-state index is 6.71. The first-order chi connectivity index (χ1) is 22.8. The number of pyridine rings is 1. The Morgan fingerprint density at radius 3 is 1.85 bits per heavy atom. The van der Waals surface area contributed by atoms with E-state index in [-0.39, 0.29) is 0 Å². The number of hydrogen-bond donors (Lipinski definition) is 0. The molecule has 0 atom stereocenters. The highest BCUT2D eigenvalue weighted by Crippen LogP contribution is 2.45. The minimum atomic E-state index is 0.753. The van der Waals surface area contributed by atoms with Crippen molar-refractivity contribution in [3.8, 4) is 22.3 Å². The molecule has 0 aliphatic carbocycles. The summed E-state index contributed by atoms with van der Waals surface area (Å²) in [6.45, 7) is 0. The van der Waals surface area contributed by atoms with Crippen LogP contribution in [0.2, 0.25) is 0 Å². The van der Waals surface area contributed by atoms with E-state index < -0.39 is 0 Å². The van der Waals surface area contributed by atoms with Gasteiger partial charge in [0, 0.05) is 28.0 Å². The summed E-state index contributed by atoms with van der Waals surface area (Å²) in [4.78, 5) is 7.27. The van der Waals surface area contributed by atoms with Crippen molar-refractivity contribution in [2.75, 3.05) is 4.90 Å². The average Bonchev–Trinajstić information content (AvgIpc) is 3.50. The van der Waals surface area contributed by atoms with Gasteiger partial charge in [0.05, 0.1) is 5.69 Å². The van der Waals surface area contributed by atoms with Crippen LogP contribution >= 0.6 is 0 Å². The van der Waals surface area contributed by atoms with E-state index >= 15 is 0 Å². The first-order valence-electron chi connectivity index (χ1n) is 15.5. The van der Waals surface area contributed by atoms with Gasteiger partial charge in [-0.05, 0) is 74.8 Å². The van der Waals surface area contributed by atoms with Crippen molar-refractivity contribution in [2.24, 2.45) is 0 Å². The van der Waals surface area contributed by atoms with Crippen molar-refractivity contribution >= 4 is 60.7 Å². The summed E-state index contributed by atoms with van der Waals surface area (Å²) in [5.41, 5.74) is 8.38. The van der Waals surface area contributed by atoms with Gasteiger partial charge < -0.3 is 4.42 Å². The summed E-state index contributed by atoms with van der Waals surface area (Å²) in [6, 6.07) is 57.7. The molecule has 0 N–H and O–H groups in total. The molecule has 0 bridgehead atoms. The number of rotatable bonds is 5. The van der Waals surface area contributed by atoms with Crippen LogP contribution in [0.3, 0.4) is 0 Å². The topological polar surface area (TPSA) is 29.3 Å². The van der Waals surface area contributed by atoms with Crippen molar-refractivity contribution in [3.63, 3.8) is 0 Å². The molecule has 0 saturated heterocycles. The van der Waals surface area contributed by atoms with Crippen LogP contribution in [0.4, 0.5) is 17.2 Å². The summed E-state index contributed by atoms with van der Waals surface area (Å²) in [5, 5.41) is 6.78. The molecule has 7 aromatic carbocycles. The second-order valence-corrected chi connectivity index (χ2v) is 11.6. The van der Waals surface area contributed by atoms with Crippen LogP contribution in [-0.2, 0) is 0 Å². The maximum Gasteiger partial charge on any atom is 0.181 e. The van der Waals surface area contributed by atoms with E-state index in [0.29, 0.717) is 0 Å². The standard InChI is InChI=1S/C43H28N2O/c1-3-11-29(12-4-1)30-19-21-34(22-20-30)45(40-24-23-35(31-13-5-2-6-14-31)36-17-9-10-18-37(36)40)43-42-38(25-26-44-43)39-27-32-15-7-8-16-33(32)28-41(39)46-42/h1-28H. The average molecular weight is 589 g/mol. The lowest BCUT2D eigenvalue weighted by Crippen LogP contribution is -2.12. The molecule has 0 radical (unpaired) electrons. The smallest absolute Gasteiger partial charge is 0.181 e. The predicted molar refractivity (Wildman–Crippen MR) is 192 cm³/mol. The van der Waals surface area contributed by atoms with Crippen molar-refractivity contribution in [1.29, 1.82) is 0 Å². The highest BCUT2D eigenvalue weighted by molar-refractivity contribution is 6.14. The molecule has 0 unspecified atom stereocenters. The van der Waals surface area contributed by atoms with Gasteiger partial charge >= 0.3 is 0 Å². The Hall–Kier alpha value is -6.19. The molecule has 0 spiro atoms. The summed E-state index contributed by atoms with van der Waals surface area (Å²) >= 11 is 0. The third-order valence-electron chi connectivity index (χ3n) is 8.91. The highest BCUT2D eigenvalue weighted by Gasteiger charge is 2.23. The van der Waals surface area contributed by atoms with Crippen LogP contribution in [0, 0.1) is 0 Å². The van der Waals surface area contributed by atoms with Crippen LogP contribution in [-0.4, -0.2) is 4.98 Å². The van der Waals surface area contributed by atoms with Gasteiger partial charge in [-0.1, -0.05) is 127 Å². The monoisotopic (exact) mass is 588 g/mol. The predicted octanol–water partition coefficient (Wildman–Crippen LogP) is 12.1. The molecule has 2 aromatic heterocycles. The van der Waals surface area contributed by atoms with E-state index in [1.807, 2.05) is 12.3 Å². The molecule has 0 saturated carbocycles. The summed E-state index contributed by atoms with van der Waals surface area (Å²) in [5.74, 6) is 0.753. The fourth-order valence-corrected chi connectivity index (χ4v) is 6.69. The van der Waals surface area contributed by atoms with Gasteiger partial charge in [0.15, 0.2) is 11.4 Å². The van der Waals surface area contributed by atoms with Gasteiger partial charge in [-0.25, -0.2) is 4.98 Å². The van der Waals surface area contributed by atoms with Gasteiger partial charge in [0.1, 0.15) is 5.58 Å². The molecule has 0 fully saturated rings. The first kappa shape index (κ1) is 26.2. The molecule has 3 heteroatoms. The summed E-state index contributed by atoms with van der Waals surface area (Å²) < 4.78 is 6.71. The maximum absolute atomic E-state index is 6.71. The second-order valence-electron chi connectivity index (χ2n) is 11.6. The number of furan rings is 1. The van der Waals surface area contributed by atoms with Gasteiger partial charge in [0.2, 0.25) is 0 Å². The quantitative estimate of drug-likeness (QED) is 0.200. The Morgan fingerprint density at radius 2 is 1.09 bits per heavy atom. The van der Waals surface area contributed by atoms with E-state index in [1.165, 1.54) is 27.5 Å². The third-order valence-corrected chi connectivity index (χ3v) is 8.91. The molecule has 0 aliphatic heterocycles. The molecule has 46 heavy (non-hydrogen) atoms. The Morgan fingerprint density at radius 1 is 0.457 bits per heavy atom. The van der Waals surface area contributed by atoms with Crippen LogP contribution in [0.5, 0.6) is 0 Å². The highest BCUT2D eigenvalue weighted by atomic mass is 16.3. The minimum Gasteiger partial charge on any atom is -0.452 e. The zero-order valence-corrected chi connectivity index (χ0v) is 25.0. The molecule has 9 aromatic rings. The van der Waals surface area contributed by atoms with Crippen LogP contribution < -0.4 is 4.90 Å². The number of nitrogens with zero attached hydrogens (tertiary/aromatic N) is 2. The molecular formula is C43H28N2O. The molecular weight excluding hydrogens is 560 g/mol. The molecule has 0 amide bonds. The lowest BCUT2D eigenvalue weighted by molar-refractivity contribution is 0.667. The minimum absolute atomic E-state index is 0.753. The van der Waals surface area contributed by atoms with E-state index in [1.54, 1.807) is 0 Å². The SMILES string of the molecule is c1ccc(-c2ccc(N(c3ccc(-c4ccccc4)c4ccccc34)c3nccc4c3oc3cc5ccccc5cc34)cc2)cc1. The van der Waals surface area contributed by atoms with Crippen molar-refractivity contribution < 1.29 is 4.42 Å². The van der Waals surface area contributed by atoms with E-state index in [0.717, 1.165) is 55.5 Å². The van der Waals surface area contributed by atoms with Gasteiger partial charge in [0.25, 0.3) is 0 Å². The number of anilines is 3. The molecule has 9 rings (SSSR count). The zero-order valence-electron chi connectivity index (χ0n) is 25.0. The van der Waals surface area contributed by atoms with Crippen molar-refractivity contribution in [1.82, 2.24) is 4.98 Å². The Balaban J connectivity index is 1.30. The number of aromatic nitrogens is 1. The summed E-state index contributed by atoms with van der Waals surface area (Å²) in [6.07, 6.45) is 1.90. The molecule has 216 valence electrons. The van der Waals surface area contributed by atoms with Gasteiger partial charge in [-0.15, -0.1) is 0 Å². The van der Waals surface area contributed by atoms with Crippen LogP contribution in [0.15, 0.2) is 174 Å². The molecule has 2 heterocycles. The van der Waals surface area contributed by atoms with Crippen LogP contribution in [0.25, 0.3) is 65.7 Å². The van der Waals surface area contributed by atoms with E-state index in [9.17, 15) is 0 Å². The van der Waals surface area contributed by atoms with Gasteiger partial charge in [-0.2, -0.15) is 0 Å². The largest absolute Gasteiger partial charge is 0.452 e. The lowest BCUT2D eigenvalue weighted by Gasteiger charge is -2.26. The number of fused-ring (bicyclic) bond motifs is 5. The fraction of sp³-hybridized carbons (Fsp3) is 0. The van der Waals surface area contributed by atoms with Crippen LogP contribution in [0.1, 0.15) is 0 Å². The Bertz CT molecular complexity index is 2520. The third kappa shape index (κ3) is 4.33. The Labute approximate surface area is 266 Å². The molecule has 3 nitrogen and oxygen atoms in total. The first-order valence-corrected chi connectivity index (χ1v) is 15.5. The van der Waals surface area contributed by atoms with Crippen molar-refractivity contribution in [3.05, 3.63) is 170 Å². The number of hydrogen-bond acceptors (Lipinski definition) is 3. The molecule has 0 aliphatic rings. The van der Waals surface area contributed by atoms with Gasteiger partial charge in [-0.3, -0.25) is 4.90 Å². The van der Waals surface area contributed by atoms with E-state index in [2.05, 4.69) is 163 Å². The number of benzene rings is 7. The zero-order chi connectivity index (χ0) is 30.5. The Kier molecular flexibility index (Phi) is 6.14. The fourth-order valence-electron chi connectivity index (χ4n) is 6.69. The van der Waals surface area contributed by atoms with E-state index in [4.69, 9.17) is 9.40 Å². The van der Waals surface area contributed by atoms with Crippen molar-refractivity contribution in [2.45, 2.75) is 0 Å².